The quantitative estimate of drug-likeness (QED) is 0.411. The minimum Gasteiger partial charge on any atom is -0.742 e. The Morgan fingerprint density at radius 1 is 1.50 bits per heavy atom. The molecular formula is C5H7O2S-. The molecule has 3 heteroatoms. The standard InChI is InChI=1S/C5H8O2S/c1-2-4(6)3-5(7)8/h2-3H2,1H3,(H,7,8)/p-1. The SMILES string of the molecule is CCC(=O)CC(=O)[S-]. The molecule has 0 N–H and O–H groups in total. The molecule has 0 amide bonds. The van der Waals surface area contributed by atoms with Crippen molar-refractivity contribution in [1.82, 2.24) is 0 Å². The summed E-state index contributed by atoms with van der Waals surface area (Å²) in [5.41, 5.74) is 0. The molecule has 0 bridgehead atoms. The highest BCUT2D eigenvalue weighted by atomic mass is 32.1. The summed E-state index contributed by atoms with van der Waals surface area (Å²) in [6, 6.07) is 0. The molecule has 0 aliphatic rings. The van der Waals surface area contributed by atoms with Crippen LogP contribution in [0, 0.1) is 0 Å². The lowest BCUT2D eigenvalue weighted by molar-refractivity contribution is -0.122. The summed E-state index contributed by atoms with van der Waals surface area (Å²) in [4.78, 5) is 20.3. The van der Waals surface area contributed by atoms with Gasteiger partial charge in [0.25, 0.3) is 0 Å². The van der Waals surface area contributed by atoms with Gasteiger partial charge in [0.15, 0.2) is 0 Å². The van der Waals surface area contributed by atoms with Crippen LogP contribution in [0.25, 0.3) is 0 Å². The van der Waals surface area contributed by atoms with Crippen LogP contribution < -0.4 is 0 Å². The highest BCUT2D eigenvalue weighted by Gasteiger charge is 1.94. The number of Topliss-reactive ketones (excluding diaryl/α,β-unsaturated/α-hetero) is 1. The zero-order valence-corrected chi connectivity index (χ0v) is 5.46. The molecule has 0 spiro atoms. The van der Waals surface area contributed by atoms with Crippen LogP contribution in [0.1, 0.15) is 19.8 Å². The second-order valence-electron chi connectivity index (χ2n) is 1.44. The lowest BCUT2D eigenvalue weighted by Crippen LogP contribution is -2.02. The Morgan fingerprint density at radius 3 is 2.12 bits per heavy atom. The van der Waals surface area contributed by atoms with E-state index in [2.05, 4.69) is 12.6 Å². The van der Waals surface area contributed by atoms with E-state index in [0.717, 1.165) is 0 Å². The van der Waals surface area contributed by atoms with Crippen molar-refractivity contribution < 1.29 is 9.59 Å². The van der Waals surface area contributed by atoms with Gasteiger partial charge < -0.3 is 17.4 Å². The summed E-state index contributed by atoms with van der Waals surface area (Å²) in [5.74, 6) is -0.0787. The van der Waals surface area contributed by atoms with Crippen molar-refractivity contribution in [2.45, 2.75) is 19.8 Å². The third kappa shape index (κ3) is 3.74. The van der Waals surface area contributed by atoms with E-state index in [-0.39, 0.29) is 12.2 Å². The van der Waals surface area contributed by atoms with Gasteiger partial charge >= 0.3 is 0 Å². The highest BCUT2D eigenvalue weighted by Crippen LogP contribution is 1.87. The lowest BCUT2D eigenvalue weighted by Gasteiger charge is -1.97. The first-order chi connectivity index (χ1) is 3.66. The zero-order valence-electron chi connectivity index (χ0n) is 4.64. The van der Waals surface area contributed by atoms with Crippen LogP contribution in [-0.2, 0) is 22.2 Å². The number of carbonyl (C=O) groups excluding carboxylic acids is 2. The molecule has 0 aliphatic carbocycles. The number of hydrogen-bond acceptors (Lipinski definition) is 3. The summed E-state index contributed by atoms with van der Waals surface area (Å²) in [6.07, 6.45) is 0.328. The Balaban J connectivity index is 3.40. The van der Waals surface area contributed by atoms with E-state index >= 15 is 0 Å². The molecule has 46 valence electrons. The van der Waals surface area contributed by atoms with Crippen LogP contribution in [0.5, 0.6) is 0 Å². The van der Waals surface area contributed by atoms with E-state index in [9.17, 15) is 9.59 Å². The summed E-state index contributed by atoms with van der Waals surface area (Å²) >= 11 is 4.16. The fourth-order valence-corrected chi connectivity index (χ4v) is 0.447. The van der Waals surface area contributed by atoms with Gasteiger partial charge in [0.2, 0.25) is 0 Å². The largest absolute Gasteiger partial charge is 0.742 e. The second kappa shape index (κ2) is 3.55. The first-order valence-corrected chi connectivity index (χ1v) is 2.79. The maximum absolute atomic E-state index is 10.3. The zero-order chi connectivity index (χ0) is 6.57. The Morgan fingerprint density at radius 2 is 2.00 bits per heavy atom. The number of carbonyl (C=O) groups is 2. The highest BCUT2D eigenvalue weighted by molar-refractivity contribution is 7.77. The molecule has 0 saturated heterocycles. The summed E-state index contributed by atoms with van der Waals surface area (Å²) < 4.78 is 0. The maximum Gasteiger partial charge on any atom is 0.138 e. The monoisotopic (exact) mass is 131 g/mol. The van der Waals surface area contributed by atoms with Gasteiger partial charge in [0.1, 0.15) is 5.78 Å². The number of rotatable bonds is 3. The average molecular weight is 131 g/mol. The van der Waals surface area contributed by atoms with Gasteiger partial charge in [-0.1, -0.05) is 6.92 Å². The molecule has 0 aliphatic heterocycles. The smallest absolute Gasteiger partial charge is 0.138 e. The Labute approximate surface area is 53.7 Å². The third-order valence-electron chi connectivity index (χ3n) is 0.736. The van der Waals surface area contributed by atoms with Crippen molar-refractivity contribution in [3.8, 4) is 0 Å². The molecule has 0 aromatic carbocycles. The van der Waals surface area contributed by atoms with Gasteiger partial charge in [-0.05, 0) is 0 Å². The normalized spacial score (nSPS) is 8.62. The Kier molecular flexibility index (Phi) is 3.35. The molecule has 0 atom stereocenters. The molecule has 2 nitrogen and oxygen atoms in total. The van der Waals surface area contributed by atoms with Crippen LogP contribution in [-0.4, -0.2) is 10.9 Å². The minimum absolute atomic E-state index is 0.0775. The van der Waals surface area contributed by atoms with Crippen molar-refractivity contribution in [1.29, 1.82) is 0 Å². The molecule has 0 rings (SSSR count). The minimum atomic E-state index is -0.461. The predicted octanol–water partition coefficient (Wildman–Crippen LogP) is 0.429. The van der Waals surface area contributed by atoms with Gasteiger partial charge in [0.05, 0.1) is 0 Å². The topological polar surface area (TPSA) is 34.1 Å². The molecule has 8 heavy (non-hydrogen) atoms. The summed E-state index contributed by atoms with van der Waals surface area (Å²) in [5, 5.41) is -0.461. The second-order valence-corrected chi connectivity index (χ2v) is 1.90. The molecule has 0 heterocycles. The van der Waals surface area contributed by atoms with Gasteiger partial charge in [-0.2, -0.15) is 0 Å². The Bertz CT molecular complexity index is 109. The van der Waals surface area contributed by atoms with Crippen molar-refractivity contribution in [3.05, 3.63) is 0 Å². The van der Waals surface area contributed by atoms with Crippen LogP contribution in [0.4, 0.5) is 0 Å². The number of ketones is 1. The van der Waals surface area contributed by atoms with Gasteiger partial charge in [-0.25, -0.2) is 0 Å². The summed E-state index contributed by atoms with van der Waals surface area (Å²) in [7, 11) is 0. The van der Waals surface area contributed by atoms with Gasteiger partial charge in [0, 0.05) is 18.0 Å². The summed E-state index contributed by atoms with van der Waals surface area (Å²) in [6.45, 7) is 1.71. The van der Waals surface area contributed by atoms with E-state index in [1.807, 2.05) is 0 Å². The molecule has 0 fully saturated rings. The van der Waals surface area contributed by atoms with Crippen LogP contribution in [0.15, 0.2) is 0 Å². The molecular weight excluding hydrogens is 124 g/mol. The lowest BCUT2D eigenvalue weighted by atomic mass is 10.2. The molecule has 0 saturated carbocycles. The van der Waals surface area contributed by atoms with E-state index < -0.39 is 5.12 Å². The Hall–Kier alpha value is -0.440. The van der Waals surface area contributed by atoms with Gasteiger partial charge in [-0.3, -0.25) is 4.79 Å². The van der Waals surface area contributed by atoms with Crippen LogP contribution in [0.3, 0.4) is 0 Å². The van der Waals surface area contributed by atoms with Gasteiger partial charge in [-0.15, -0.1) is 0 Å². The van der Waals surface area contributed by atoms with E-state index in [0.29, 0.717) is 6.42 Å². The molecule has 0 aromatic heterocycles. The van der Waals surface area contributed by atoms with E-state index in [1.165, 1.54) is 0 Å². The molecule has 0 radical (unpaired) electrons. The third-order valence-corrected chi connectivity index (χ3v) is 0.880. The van der Waals surface area contributed by atoms with Crippen molar-refractivity contribution in [2.75, 3.05) is 0 Å². The molecule has 0 aromatic rings. The maximum atomic E-state index is 10.3. The predicted molar refractivity (Wildman–Crippen MR) is 32.3 cm³/mol. The fraction of sp³-hybridized carbons (Fsp3) is 0.600. The van der Waals surface area contributed by atoms with Crippen molar-refractivity contribution in [3.63, 3.8) is 0 Å². The average Bonchev–Trinajstić information content (AvgIpc) is 1.65. The first-order valence-electron chi connectivity index (χ1n) is 2.38. The van der Waals surface area contributed by atoms with Crippen molar-refractivity contribution >= 4 is 23.5 Å². The van der Waals surface area contributed by atoms with E-state index in [1.54, 1.807) is 6.92 Å². The number of hydrogen-bond donors (Lipinski definition) is 0. The van der Waals surface area contributed by atoms with Crippen LogP contribution in [0.2, 0.25) is 0 Å². The first kappa shape index (κ1) is 7.56. The molecule has 0 unspecified atom stereocenters. The van der Waals surface area contributed by atoms with Crippen molar-refractivity contribution in [2.24, 2.45) is 0 Å². The van der Waals surface area contributed by atoms with Crippen LogP contribution >= 0.6 is 0 Å². The fourth-order valence-electron chi connectivity index (χ4n) is 0.286. The van der Waals surface area contributed by atoms with E-state index in [4.69, 9.17) is 0 Å².